The summed E-state index contributed by atoms with van der Waals surface area (Å²) in [5, 5.41) is 0. The van der Waals surface area contributed by atoms with Crippen LogP contribution < -0.4 is 9.47 Å². The quantitative estimate of drug-likeness (QED) is 0.259. The maximum absolute atomic E-state index is 13.5. The normalized spacial score (nSPS) is 22.5. The van der Waals surface area contributed by atoms with E-state index in [0.29, 0.717) is 19.1 Å². The molecule has 1 fully saturated rings. The van der Waals surface area contributed by atoms with Crippen LogP contribution in [-0.2, 0) is 0 Å². The Labute approximate surface area is 210 Å². The van der Waals surface area contributed by atoms with Crippen LogP contribution in [0.5, 0.6) is 11.5 Å². The van der Waals surface area contributed by atoms with Gasteiger partial charge in [0.1, 0.15) is 0 Å². The molecule has 0 radical (unpaired) electrons. The first kappa shape index (κ1) is 27.8. The predicted octanol–water partition coefficient (Wildman–Crippen LogP) is 6.28. The van der Waals surface area contributed by atoms with Gasteiger partial charge in [-0.1, -0.05) is 42.9 Å². The van der Waals surface area contributed by atoms with Crippen LogP contribution in [0.15, 0.2) is 54.2 Å². The van der Waals surface area contributed by atoms with Gasteiger partial charge in [-0.05, 0) is 64.4 Å². The summed E-state index contributed by atoms with van der Waals surface area (Å²) in [5.41, 5.74) is 0.894. The van der Waals surface area contributed by atoms with Gasteiger partial charge in [0.15, 0.2) is 11.5 Å². The van der Waals surface area contributed by atoms with Crippen LogP contribution in [0.3, 0.4) is 0 Å². The molecule has 9 heteroatoms. The number of hydrogen-bond donors (Lipinski definition) is 0. The third-order valence-electron chi connectivity index (χ3n) is 6.61. The van der Waals surface area contributed by atoms with Crippen molar-refractivity contribution in [2.75, 3.05) is 26.7 Å². The summed E-state index contributed by atoms with van der Waals surface area (Å²) < 4.78 is 59.9. The highest BCUT2D eigenvalue weighted by Gasteiger charge is 2.26. The highest BCUT2D eigenvalue weighted by molar-refractivity contribution is 5.95. The summed E-state index contributed by atoms with van der Waals surface area (Å²) in [6.45, 7) is -0.572. The van der Waals surface area contributed by atoms with E-state index in [-0.39, 0.29) is 11.0 Å². The zero-order valence-electron chi connectivity index (χ0n) is 20.9. The zero-order valence-corrected chi connectivity index (χ0v) is 20.9. The highest BCUT2D eigenvalue weighted by Crippen LogP contribution is 2.33. The second-order valence-electron chi connectivity index (χ2n) is 9.70. The van der Waals surface area contributed by atoms with Gasteiger partial charge in [-0.25, -0.2) is 0 Å². The molecule has 1 heterocycles. The van der Waals surface area contributed by atoms with Gasteiger partial charge in [0.25, 0.3) is 5.91 Å². The molecule has 1 aromatic rings. The van der Waals surface area contributed by atoms with Gasteiger partial charge in [-0.2, -0.15) is 17.6 Å². The van der Waals surface area contributed by atoms with E-state index in [2.05, 4.69) is 46.6 Å². The molecule has 198 valence electrons. The fourth-order valence-electron chi connectivity index (χ4n) is 4.87. The lowest BCUT2D eigenvalue weighted by Crippen LogP contribution is -2.37. The summed E-state index contributed by atoms with van der Waals surface area (Å²) in [6, 6.07) is 3.74. The molecule has 3 rings (SSSR count). The lowest BCUT2D eigenvalue weighted by atomic mass is 9.82. The first-order valence-corrected chi connectivity index (χ1v) is 12.1. The number of likely N-dealkylation sites (tertiary alicyclic amines) is 1. The van der Waals surface area contributed by atoms with Crippen LogP contribution in [0, 0.1) is 5.41 Å². The predicted molar refractivity (Wildman–Crippen MR) is 131 cm³/mol. The number of ether oxygens (including phenoxy) is 2. The molecular weight excluding hydrogens is 476 g/mol. The fraction of sp³-hybridized carbons (Fsp3) is 0.519. The third-order valence-corrected chi connectivity index (χ3v) is 6.61. The van der Waals surface area contributed by atoms with E-state index in [9.17, 15) is 22.4 Å². The van der Waals surface area contributed by atoms with Crippen LogP contribution in [0.4, 0.5) is 17.6 Å². The zero-order chi connectivity index (χ0) is 26.3. The number of allylic oxidation sites excluding steroid dienone is 5. The van der Waals surface area contributed by atoms with Crippen molar-refractivity contribution in [3.8, 4) is 11.5 Å². The van der Waals surface area contributed by atoms with Crippen LogP contribution in [-0.4, -0.2) is 61.7 Å². The first-order valence-electron chi connectivity index (χ1n) is 12.1. The van der Waals surface area contributed by atoms with Crippen molar-refractivity contribution < 1.29 is 31.8 Å². The Morgan fingerprint density at radius 3 is 2.53 bits per heavy atom. The van der Waals surface area contributed by atoms with Crippen LogP contribution >= 0.6 is 0 Å². The van der Waals surface area contributed by atoms with Gasteiger partial charge in [-0.15, -0.1) is 0 Å². The third kappa shape index (κ3) is 7.85. The van der Waals surface area contributed by atoms with E-state index in [1.165, 1.54) is 6.07 Å². The number of benzene rings is 1. The first-order chi connectivity index (χ1) is 17.1. The van der Waals surface area contributed by atoms with Crippen molar-refractivity contribution in [2.45, 2.75) is 58.8 Å². The molecule has 36 heavy (non-hydrogen) atoms. The molecule has 0 bridgehead atoms. The van der Waals surface area contributed by atoms with Crippen molar-refractivity contribution in [2.24, 2.45) is 5.41 Å². The number of carbonyl (C=O) groups is 1. The summed E-state index contributed by atoms with van der Waals surface area (Å²) in [5.74, 6) is -1.55. The summed E-state index contributed by atoms with van der Waals surface area (Å²) in [7, 11) is 2.06. The number of amides is 1. The molecule has 1 aromatic carbocycles. The van der Waals surface area contributed by atoms with E-state index in [4.69, 9.17) is 0 Å². The van der Waals surface area contributed by atoms with Crippen LogP contribution in [0.25, 0.3) is 0 Å². The van der Waals surface area contributed by atoms with Crippen molar-refractivity contribution in [1.29, 1.82) is 0 Å². The van der Waals surface area contributed by atoms with Gasteiger partial charge in [0.05, 0.1) is 0 Å². The van der Waals surface area contributed by atoms with Crippen molar-refractivity contribution >= 4 is 5.91 Å². The van der Waals surface area contributed by atoms with E-state index < -0.39 is 30.6 Å². The van der Waals surface area contributed by atoms with Crippen molar-refractivity contribution in [1.82, 2.24) is 9.80 Å². The number of hydrogen-bond acceptors (Lipinski definition) is 4. The Hall–Kier alpha value is -2.81. The largest absolute Gasteiger partial charge is 0.431 e. The maximum Gasteiger partial charge on any atom is 0.387 e. The smallest absolute Gasteiger partial charge is 0.387 e. The standard InChI is InChI=1S/C27H34F4N2O3/c1-19(17-27(2)12-5-4-6-13-27)18-33(15-11-21-8-7-14-32(21)3)24(34)20-9-10-22(35-25(28)29)23(16-20)36-26(30)31/h4-6,9-10,12,16-17,21,25-26H,7-8,11,13-15,18H2,1-3H3/b19-17+. The average molecular weight is 511 g/mol. The Morgan fingerprint density at radius 2 is 1.92 bits per heavy atom. The van der Waals surface area contributed by atoms with E-state index in [1.807, 2.05) is 19.1 Å². The topological polar surface area (TPSA) is 42.0 Å². The summed E-state index contributed by atoms with van der Waals surface area (Å²) in [4.78, 5) is 17.5. The van der Waals surface area contributed by atoms with Crippen LogP contribution in [0.2, 0.25) is 0 Å². The molecule has 2 aliphatic rings. The highest BCUT2D eigenvalue weighted by atomic mass is 19.3. The summed E-state index contributed by atoms with van der Waals surface area (Å²) >= 11 is 0. The van der Waals surface area contributed by atoms with E-state index in [0.717, 1.165) is 49.9 Å². The van der Waals surface area contributed by atoms with E-state index >= 15 is 0 Å². The Bertz CT molecular complexity index is 995. The van der Waals surface area contributed by atoms with Gasteiger partial charge in [-0.3, -0.25) is 4.79 Å². The molecule has 0 aromatic heterocycles. The van der Waals surface area contributed by atoms with Gasteiger partial charge in [0.2, 0.25) is 0 Å². The molecule has 5 nitrogen and oxygen atoms in total. The lowest BCUT2D eigenvalue weighted by molar-refractivity contribution is -0.0692. The minimum atomic E-state index is -3.26. The van der Waals surface area contributed by atoms with E-state index in [1.54, 1.807) is 4.90 Å². The maximum atomic E-state index is 13.5. The van der Waals surface area contributed by atoms with Crippen molar-refractivity contribution in [3.63, 3.8) is 0 Å². The fourth-order valence-corrected chi connectivity index (χ4v) is 4.87. The molecule has 0 saturated carbocycles. The molecule has 1 aliphatic carbocycles. The number of rotatable bonds is 11. The molecule has 1 saturated heterocycles. The number of carbonyl (C=O) groups excluding carboxylic acids is 1. The molecule has 1 amide bonds. The number of alkyl halides is 4. The minimum absolute atomic E-state index is 0.0616. The van der Waals surface area contributed by atoms with Crippen molar-refractivity contribution in [3.05, 3.63) is 59.7 Å². The molecule has 0 spiro atoms. The second-order valence-corrected chi connectivity index (χ2v) is 9.70. The second kappa shape index (κ2) is 12.4. The van der Waals surface area contributed by atoms with Gasteiger partial charge in [0, 0.05) is 30.1 Å². The molecule has 0 N–H and O–H groups in total. The molecule has 2 unspecified atom stereocenters. The molecule has 2 atom stereocenters. The number of halogens is 4. The minimum Gasteiger partial charge on any atom is -0.431 e. The number of nitrogens with zero attached hydrogens (tertiary/aromatic N) is 2. The molecule has 1 aliphatic heterocycles. The van der Waals surface area contributed by atoms with Gasteiger partial charge < -0.3 is 19.3 Å². The Kier molecular flexibility index (Phi) is 9.59. The monoisotopic (exact) mass is 510 g/mol. The molecular formula is C27H34F4N2O3. The van der Waals surface area contributed by atoms with Crippen LogP contribution in [0.1, 0.15) is 49.9 Å². The summed E-state index contributed by atoms with van der Waals surface area (Å²) in [6.07, 6.45) is 14.1. The Morgan fingerprint density at radius 1 is 1.19 bits per heavy atom. The average Bonchev–Trinajstić information content (AvgIpc) is 3.21. The Balaban J connectivity index is 1.84. The van der Waals surface area contributed by atoms with Gasteiger partial charge >= 0.3 is 13.2 Å². The SMILES string of the molecule is C/C(=C\C1(C)C=CC=CC1)CN(CCC1CCCN1C)C(=O)c1ccc(OC(F)F)c(OC(F)F)c1. The lowest BCUT2D eigenvalue weighted by Gasteiger charge is -2.29.